The molecular weight excluding hydrogens is 280 g/mol. The number of nitrogens with one attached hydrogen (secondary N) is 3. The SMILES string of the molecule is CNCc1cn[nH]c1S(=O)(=O)NCCCn1cccn1. The Hall–Kier alpha value is -1.71. The smallest absolute Gasteiger partial charge is 0.257 e. The average molecular weight is 298 g/mol. The lowest BCUT2D eigenvalue weighted by Gasteiger charge is -2.07. The van der Waals surface area contributed by atoms with Crippen molar-refractivity contribution < 1.29 is 8.42 Å². The lowest BCUT2D eigenvalue weighted by Crippen LogP contribution is -2.27. The van der Waals surface area contributed by atoms with E-state index in [0.29, 0.717) is 31.6 Å². The van der Waals surface area contributed by atoms with E-state index in [0.717, 1.165) is 0 Å². The van der Waals surface area contributed by atoms with Crippen LogP contribution in [-0.4, -0.2) is 42.0 Å². The van der Waals surface area contributed by atoms with Crippen molar-refractivity contribution in [2.75, 3.05) is 13.6 Å². The Morgan fingerprint density at radius 2 is 2.30 bits per heavy atom. The topological polar surface area (TPSA) is 105 Å². The summed E-state index contributed by atoms with van der Waals surface area (Å²) in [5, 5.41) is 13.4. The fourth-order valence-corrected chi connectivity index (χ4v) is 3.00. The number of nitrogens with zero attached hydrogens (tertiary/aromatic N) is 3. The highest BCUT2D eigenvalue weighted by Gasteiger charge is 2.19. The van der Waals surface area contributed by atoms with Crippen LogP contribution in [0.1, 0.15) is 12.0 Å². The third kappa shape index (κ3) is 3.65. The molecule has 8 nitrogen and oxygen atoms in total. The van der Waals surface area contributed by atoms with Gasteiger partial charge in [-0.3, -0.25) is 9.78 Å². The van der Waals surface area contributed by atoms with Gasteiger partial charge in [-0.1, -0.05) is 0 Å². The zero-order valence-electron chi connectivity index (χ0n) is 11.2. The van der Waals surface area contributed by atoms with Gasteiger partial charge in [-0.25, -0.2) is 13.1 Å². The molecule has 0 aromatic carbocycles. The van der Waals surface area contributed by atoms with Crippen molar-refractivity contribution >= 4 is 10.0 Å². The summed E-state index contributed by atoms with van der Waals surface area (Å²) in [6.07, 6.45) is 5.71. The summed E-state index contributed by atoms with van der Waals surface area (Å²) in [5.74, 6) is 0. The number of rotatable bonds is 8. The maximum atomic E-state index is 12.1. The van der Waals surface area contributed by atoms with E-state index in [-0.39, 0.29) is 5.03 Å². The third-order valence-corrected chi connectivity index (χ3v) is 4.20. The molecule has 2 aromatic heterocycles. The first kappa shape index (κ1) is 14.7. The molecule has 20 heavy (non-hydrogen) atoms. The van der Waals surface area contributed by atoms with E-state index >= 15 is 0 Å². The van der Waals surface area contributed by atoms with E-state index in [4.69, 9.17) is 0 Å². The Bertz CT molecular complexity index is 619. The molecule has 0 unspecified atom stereocenters. The number of hydrogen-bond acceptors (Lipinski definition) is 5. The third-order valence-electron chi connectivity index (χ3n) is 2.73. The van der Waals surface area contributed by atoms with Crippen LogP contribution in [0.15, 0.2) is 29.7 Å². The summed E-state index contributed by atoms with van der Waals surface area (Å²) in [4.78, 5) is 0. The lowest BCUT2D eigenvalue weighted by atomic mass is 10.4. The molecule has 0 atom stereocenters. The van der Waals surface area contributed by atoms with Gasteiger partial charge in [-0.15, -0.1) is 0 Å². The first-order chi connectivity index (χ1) is 9.63. The van der Waals surface area contributed by atoms with Crippen molar-refractivity contribution in [3.8, 4) is 0 Å². The highest BCUT2D eigenvalue weighted by molar-refractivity contribution is 7.89. The van der Waals surface area contributed by atoms with E-state index in [9.17, 15) is 8.42 Å². The molecule has 0 aliphatic carbocycles. The Morgan fingerprint density at radius 1 is 1.45 bits per heavy atom. The Kier molecular flexibility index (Phi) is 4.88. The largest absolute Gasteiger partial charge is 0.316 e. The van der Waals surface area contributed by atoms with Crippen molar-refractivity contribution in [1.82, 2.24) is 30.0 Å². The van der Waals surface area contributed by atoms with Crippen molar-refractivity contribution in [1.29, 1.82) is 0 Å². The number of H-pyrrole nitrogens is 1. The first-order valence-electron chi connectivity index (χ1n) is 6.27. The van der Waals surface area contributed by atoms with Crippen molar-refractivity contribution in [2.45, 2.75) is 24.5 Å². The van der Waals surface area contributed by atoms with Gasteiger partial charge in [0.15, 0.2) is 5.03 Å². The van der Waals surface area contributed by atoms with E-state index < -0.39 is 10.0 Å². The molecule has 3 N–H and O–H groups in total. The maximum Gasteiger partial charge on any atom is 0.257 e. The fraction of sp³-hybridized carbons (Fsp3) is 0.455. The van der Waals surface area contributed by atoms with Crippen LogP contribution in [0.3, 0.4) is 0 Å². The molecule has 0 aliphatic rings. The molecular formula is C11H18N6O2S. The summed E-state index contributed by atoms with van der Waals surface area (Å²) >= 11 is 0. The van der Waals surface area contributed by atoms with E-state index in [1.807, 2.05) is 12.3 Å². The van der Waals surface area contributed by atoms with Crippen LogP contribution in [-0.2, 0) is 23.1 Å². The molecule has 9 heteroatoms. The predicted octanol–water partition coefficient (Wildman–Crippen LogP) is -0.306. The van der Waals surface area contributed by atoms with E-state index in [2.05, 4.69) is 25.3 Å². The second-order valence-corrected chi connectivity index (χ2v) is 5.98. The molecule has 0 bridgehead atoms. The van der Waals surface area contributed by atoms with Crippen LogP contribution in [0.4, 0.5) is 0 Å². The summed E-state index contributed by atoms with van der Waals surface area (Å²) in [6.45, 7) is 1.46. The predicted molar refractivity (Wildman–Crippen MR) is 73.4 cm³/mol. The summed E-state index contributed by atoms with van der Waals surface area (Å²) < 4.78 is 28.6. The Morgan fingerprint density at radius 3 is 3.00 bits per heavy atom. The molecule has 0 saturated heterocycles. The van der Waals surface area contributed by atoms with Crippen LogP contribution in [0.2, 0.25) is 0 Å². The molecule has 0 amide bonds. The molecule has 2 rings (SSSR count). The molecule has 0 aliphatic heterocycles. The molecule has 2 aromatic rings. The quantitative estimate of drug-likeness (QED) is 0.580. The van der Waals surface area contributed by atoms with Crippen LogP contribution in [0.25, 0.3) is 0 Å². The lowest BCUT2D eigenvalue weighted by molar-refractivity contribution is 0.549. The number of hydrogen-bond donors (Lipinski definition) is 3. The normalized spacial score (nSPS) is 11.8. The fourth-order valence-electron chi connectivity index (χ4n) is 1.80. The van der Waals surface area contributed by atoms with Crippen LogP contribution in [0.5, 0.6) is 0 Å². The summed E-state index contributed by atoms with van der Waals surface area (Å²) in [6, 6.07) is 1.83. The molecule has 0 spiro atoms. The molecule has 2 heterocycles. The standard InChI is InChI=1S/C11H18N6O2S/c1-12-8-10-9-13-16-11(10)20(18,19)15-5-3-7-17-6-2-4-14-17/h2,4,6,9,12,15H,3,5,7-8H2,1H3,(H,13,16). The van der Waals surface area contributed by atoms with Gasteiger partial charge in [0.05, 0.1) is 6.20 Å². The van der Waals surface area contributed by atoms with Crippen molar-refractivity contribution in [3.63, 3.8) is 0 Å². The minimum absolute atomic E-state index is 0.117. The van der Waals surface area contributed by atoms with Gasteiger partial charge < -0.3 is 5.32 Å². The van der Waals surface area contributed by atoms with Crippen molar-refractivity contribution in [3.05, 3.63) is 30.2 Å². The molecule has 0 radical (unpaired) electrons. The van der Waals surface area contributed by atoms with Gasteiger partial charge in [0.1, 0.15) is 0 Å². The average Bonchev–Trinajstić information content (AvgIpc) is 3.06. The highest BCUT2D eigenvalue weighted by Crippen LogP contribution is 2.11. The van der Waals surface area contributed by atoms with E-state index in [1.165, 1.54) is 6.20 Å². The Balaban J connectivity index is 1.88. The maximum absolute atomic E-state index is 12.1. The van der Waals surface area contributed by atoms with Gasteiger partial charge in [0, 0.05) is 37.6 Å². The minimum atomic E-state index is -3.55. The van der Waals surface area contributed by atoms with Gasteiger partial charge in [0.25, 0.3) is 10.0 Å². The number of aromatic amines is 1. The second kappa shape index (κ2) is 6.64. The summed E-state index contributed by atoms with van der Waals surface area (Å²) in [7, 11) is -1.80. The van der Waals surface area contributed by atoms with E-state index in [1.54, 1.807) is 17.9 Å². The van der Waals surface area contributed by atoms with Crippen molar-refractivity contribution in [2.24, 2.45) is 0 Å². The number of aromatic nitrogens is 4. The van der Waals surface area contributed by atoms with Crippen LogP contribution < -0.4 is 10.0 Å². The molecule has 110 valence electrons. The minimum Gasteiger partial charge on any atom is -0.316 e. The second-order valence-electron chi connectivity index (χ2n) is 4.28. The van der Waals surface area contributed by atoms with Crippen LogP contribution >= 0.6 is 0 Å². The molecule has 0 saturated carbocycles. The van der Waals surface area contributed by atoms with Gasteiger partial charge in [-0.05, 0) is 19.5 Å². The van der Waals surface area contributed by atoms with Crippen LogP contribution in [0, 0.1) is 0 Å². The molecule has 0 fully saturated rings. The van der Waals surface area contributed by atoms with Gasteiger partial charge in [0.2, 0.25) is 0 Å². The zero-order chi connectivity index (χ0) is 14.4. The number of aryl methyl sites for hydroxylation is 1. The van der Waals surface area contributed by atoms with Gasteiger partial charge in [-0.2, -0.15) is 10.2 Å². The number of sulfonamides is 1. The Labute approximate surface area is 117 Å². The summed E-state index contributed by atoms with van der Waals surface area (Å²) in [5.41, 5.74) is 0.618. The zero-order valence-corrected chi connectivity index (χ0v) is 12.0. The monoisotopic (exact) mass is 298 g/mol. The highest BCUT2D eigenvalue weighted by atomic mass is 32.2. The van der Waals surface area contributed by atoms with Gasteiger partial charge >= 0.3 is 0 Å². The first-order valence-corrected chi connectivity index (χ1v) is 7.76.